The van der Waals surface area contributed by atoms with Crippen LogP contribution in [0.4, 0.5) is 23.2 Å². The van der Waals surface area contributed by atoms with Crippen LogP contribution >= 0.6 is 0 Å². The predicted octanol–water partition coefficient (Wildman–Crippen LogP) is 3.87. The fourth-order valence-corrected chi connectivity index (χ4v) is 5.27. The summed E-state index contributed by atoms with van der Waals surface area (Å²) < 4.78 is 63.3. The summed E-state index contributed by atoms with van der Waals surface area (Å²) in [6.07, 6.45) is -1.51. The summed E-state index contributed by atoms with van der Waals surface area (Å²) in [6, 6.07) is 1.86. The van der Waals surface area contributed by atoms with Gasteiger partial charge in [-0.15, -0.1) is 0 Å². The number of halogens is 4. The zero-order valence-electron chi connectivity index (χ0n) is 20.8. The summed E-state index contributed by atoms with van der Waals surface area (Å²) in [5, 5.41) is 6.94. The molecule has 1 amide bonds. The molecule has 0 aliphatic heterocycles. The number of benzene rings is 1. The second-order valence-corrected chi connectivity index (χ2v) is 10.5. The van der Waals surface area contributed by atoms with E-state index in [0.717, 1.165) is 23.6 Å². The molecule has 2 aliphatic carbocycles. The first-order valence-corrected chi connectivity index (χ1v) is 12.3. The molecule has 0 bridgehead atoms. The van der Waals surface area contributed by atoms with Gasteiger partial charge in [0, 0.05) is 17.3 Å². The number of hydrogen-bond acceptors (Lipinski definition) is 6. The van der Waals surface area contributed by atoms with Crippen molar-refractivity contribution in [2.75, 3.05) is 11.9 Å². The van der Waals surface area contributed by atoms with Gasteiger partial charge in [-0.2, -0.15) is 18.3 Å². The fraction of sp³-hybridized carbons (Fsp3) is 0.560. The van der Waals surface area contributed by atoms with E-state index in [9.17, 15) is 22.8 Å². The van der Waals surface area contributed by atoms with Gasteiger partial charge in [-0.25, -0.2) is 9.07 Å². The number of primary amides is 1. The van der Waals surface area contributed by atoms with E-state index in [0.29, 0.717) is 31.4 Å². The quantitative estimate of drug-likeness (QED) is 0.389. The SMILES string of the molecule is CC1(C)CCc2c(C(F)(F)F)nn(-c3cc(F)c(C(N)=O)c(NC4CCCCC4OC(=O)CN)c3)c2C1. The lowest BCUT2D eigenvalue weighted by molar-refractivity contribution is -0.149. The molecule has 2 unspecified atom stereocenters. The van der Waals surface area contributed by atoms with Gasteiger partial charge in [0.2, 0.25) is 0 Å². The maximum absolute atomic E-state index is 15.3. The van der Waals surface area contributed by atoms with E-state index in [2.05, 4.69) is 10.4 Å². The third-order valence-corrected chi connectivity index (χ3v) is 7.12. The summed E-state index contributed by atoms with van der Waals surface area (Å²) in [5.74, 6) is -2.64. The zero-order chi connectivity index (χ0) is 27.1. The molecule has 2 atom stereocenters. The fourth-order valence-electron chi connectivity index (χ4n) is 5.27. The maximum atomic E-state index is 15.3. The number of ether oxygens (including phenoxy) is 1. The number of alkyl halides is 3. The van der Waals surface area contributed by atoms with E-state index < -0.39 is 47.3 Å². The summed E-state index contributed by atoms with van der Waals surface area (Å²) in [6.45, 7) is 3.61. The lowest BCUT2D eigenvalue weighted by Crippen LogP contribution is -2.41. The van der Waals surface area contributed by atoms with Crippen LogP contribution in [-0.4, -0.2) is 40.3 Å². The topological polar surface area (TPSA) is 125 Å². The smallest absolute Gasteiger partial charge is 0.435 e. The van der Waals surface area contributed by atoms with Crippen LogP contribution in [0.3, 0.4) is 0 Å². The van der Waals surface area contributed by atoms with Gasteiger partial charge in [-0.05, 0) is 50.0 Å². The van der Waals surface area contributed by atoms with Crippen molar-refractivity contribution >= 4 is 17.6 Å². The average molecular weight is 526 g/mol. The Morgan fingerprint density at radius 1 is 1.24 bits per heavy atom. The monoisotopic (exact) mass is 525 g/mol. The molecule has 5 N–H and O–H groups in total. The summed E-state index contributed by atoms with van der Waals surface area (Å²) in [5.41, 5.74) is 9.60. The Kier molecular flexibility index (Phi) is 7.24. The number of anilines is 1. The molecule has 4 rings (SSSR count). The predicted molar refractivity (Wildman–Crippen MR) is 128 cm³/mol. The minimum Gasteiger partial charge on any atom is -0.459 e. The number of nitrogens with two attached hydrogens (primary N) is 2. The van der Waals surface area contributed by atoms with Crippen LogP contribution in [0.5, 0.6) is 0 Å². The van der Waals surface area contributed by atoms with Crippen molar-refractivity contribution in [1.29, 1.82) is 0 Å². The first-order chi connectivity index (χ1) is 17.3. The number of carbonyl (C=O) groups excluding carboxylic acids is 2. The van der Waals surface area contributed by atoms with Gasteiger partial charge in [0.15, 0.2) is 5.69 Å². The highest BCUT2D eigenvalue weighted by atomic mass is 19.4. The third-order valence-electron chi connectivity index (χ3n) is 7.12. The minimum absolute atomic E-state index is 0.00363. The van der Waals surface area contributed by atoms with Crippen LogP contribution in [0.1, 0.15) is 73.3 Å². The van der Waals surface area contributed by atoms with Crippen LogP contribution in [0.25, 0.3) is 5.69 Å². The van der Waals surface area contributed by atoms with Gasteiger partial charge < -0.3 is 21.5 Å². The van der Waals surface area contributed by atoms with Crippen LogP contribution in [0, 0.1) is 11.2 Å². The highest BCUT2D eigenvalue weighted by Crippen LogP contribution is 2.42. The van der Waals surface area contributed by atoms with E-state index in [4.69, 9.17) is 16.2 Å². The number of aromatic nitrogens is 2. The Balaban J connectivity index is 1.80. The van der Waals surface area contributed by atoms with Crippen molar-refractivity contribution in [3.8, 4) is 5.69 Å². The lowest BCUT2D eigenvalue weighted by atomic mass is 9.76. The van der Waals surface area contributed by atoms with Crippen molar-refractivity contribution in [3.05, 3.63) is 40.5 Å². The number of esters is 1. The molecule has 2 aliphatic rings. The molecule has 1 aromatic heterocycles. The third kappa shape index (κ3) is 5.58. The average Bonchev–Trinajstić information content (AvgIpc) is 3.17. The molecule has 1 saturated carbocycles. The molecule has 1 fully saturated rings. The Bertz CT molecular complexity index is 1210. The molecule has 1 aromatic carbocycles. The Morgan fingerprint density at radius 2 is 1.95 bits per heavy atom. The van der Waals surface area contributed by atoms with Gasteiger partial charge in [-0.3, -0.25) is 9.59 Å². The molecule has 1 heterocycles. The Morgan fingerprint density at radius 3 is 2.59 bits per heavy atom. The summed E-state index contributed by atoms with van der Waals surface area (Å²) in [4.78, 5) is 24.0. The van der Waals surface area contributed by atoms with Gasteiger partial charge in [0.05, 0.1) is 29.5 Å². The number of nitrogens with zero attached hydrogens (tertiary/aromatic N) is 2. The molecule has 202 valence electrons. The van der Waals surface area contributed by atoms with Crippen LogP contribution in [0.2, 0.25) is 0 Å². The molecular formula is C25H31F4N5O3. The van der Waals surface area contributed by atoms with Gasteiger partial charge in [-0.1, -0.05) is 20.3 Å². The lowest BCUT2D eigenvalue weighted by Gasteiger charge is -2.33. The standard InChI is InChI=1S/C25H31F4N5O3/c1-24(2)8-7-14-18(11-24)34(33-22(14)25(27,28)29)13-9-15(26)21(23(31)36)17(10-13)32-16-5-3-4-6-19(16)37-20(35)12-30/h9-10,16,19,32H,3-8,11-12,30H2,1-2H3,(H2,31,36). The van der Waals surface area contributed by atoms with Crippen LogP contribution in [0.15, 0.2) is 12.1 Å². The van der Waals surface area contributed by atoms with Gasteiger partial charge in [0.25, 0.3) is 5.91 Å². The van der Waals surface area contributed by atoms with Gasteiger partial charge in [0.1, 0.15) is 11.9 Å². The second-order valence-electron chi connectivity index (χ2n) is 10.5. The highest BCUT2D eigenvalue weighted by molar-refractivity contribution is 5.99. The molecule has 0 saturated heterocycles. The summed E-state index contributed by atoms with van der Waals surface area (Å²) >= 11 is 0. The molecule has 0 radical (unpaired) electrons. The van der Waals surface area contributed by atoms with Crippen molar-refractivity contribution in [2.45, 2.75) is 77.1 Å². The van der Waals surface area contributed by atoms with Gasteiger partial charge >= 0.3 is 12.1 Å². The van der Waals surface area contributed by atoms with E-state index >= 15 is 4.39 Å². The number of nitrogens with one attached hydrogen (secondary N) is 1. The van der Waals surface area contributed by atoms with Crippen molar-refractivity contribution in [2.24, 2.45) is 16.9 Å². The van der Waals surface area contributed by atoms with E-state index in [1.165, 1.54) is 6.07 Å². The highest BCUT2D eigenvalue weighted by Gasteiger charge is 2.42. The van der Waals surface area contributed by atoms with E-state index in [1.54, 1.807) is 0 Å². The van der Waals surface area contributed by atoms with Crippen molar-refractivity contribution in [1.82, 2.24) is 9.78 Å². The molecule has 0 spiro atoms. The van der Waals surface area contributed by atoms with Crippen LogP contribution < -0.4 is 16.8 Å². The van der Waals surface area contributed by atoms with Crippen molar-refractivity contribution < 1.29 is 31.9 Å². The zero-order valence-corrected chi connectivity index (χ0v) is 20.8. The number of fused-ring (bicyclic) bond motifs is 1. The largest absolute Gasteiger partial charge is 0.459 e. The second kappa shape index (κ2) is 9.96. The van der Waals surface area contributed by atoms with Crippen LogP contribution in [-0.2, 0) is 28.5 Å². The van der Waals surface area contributed by atoms with E-state index in [1.807, 2.05) is 13.8 Å². The maximum Gasteiger partial charge on any atom is 0.435 e. The van der Waals surface area contributed by atoms with Crippen molar-refractivity contribution in [3.63, 3.8) is 0 Å². The minimum atomic E-state index is -4.67. The number of hydrogen-bond donors (Lipinski definition) is 3. The summed E-state index contributed by atoms with van der Waals surface area (Å²) in [7, 11) is 0. The number of rotatable bonds is 6. The Labute approximate surface area is 211 Å². The Hall–Kier alpha value is -3.15. The molecule has 2 aromatic rings. The normalized spacial score (nSPS) is 21.3. The van der Waals surface area contributed by atoms with E-state index in [-0.39, 0.29) is 35.3 Å². The number of amides is 1. The molecule has 12 heteroatoms. The first-order valence-electron chi connectivity index (χ1n) is 12.3. The molecule has 37 heavy (non-hydrogen) atoms. The molecule has 8 nitrogen and oxygen atoms in total. The number of carbonyl (C=O) groups is 2. The molecular weight excluding hydrogens is 494 g/mol. The first kappa shape index (κ1) is 26.9.